The highest BCUT2D eigenvalue weighted by atomic mass is 32.1. The van der Waals surface area contributed by atoms with Gasteiger partial charge < -0.3 is 4.74 Å². The van der Waals surface area contributed by atoms with Crippen molar-refractivity contribution in [1.82, 2.24) is 4.98 Å². The van der Waals surface area contributed by atoms with Crippen molar-refractivity contribution in [3.63, 3.8) is 0 Å². The Hall–Kier alpha value is -2.21. The Morgan fingerprint density at radius 3 is 2.94 bits per heavy atom. The lowest BCUT2D eigenvalue weighted by Gasteiger charge is -2.00. The molecule has 2 aromatic rings. The van der Waals surface area contributed by atoms with Crippen LogP contribution in [0.3, 0.4) is 0 Å². The molecule has 0 aromatic carbocycles. The molecule has 1 N–H and O–H groups in total. The topological polar surface area (TPSA) is 63.6 Å². The van der Waals surface area contributed by atoms with E-state index in [2.05, 4.69) is 20.2 Å². The summed E-state index contributed by atoms with van der Waals surface area (Å²) in [6.07, 6.45) is 5.03. The Morgan fingerprint density at radius 1 is 1.44 bits per heavy atom. The standard InChI is InChI=1S/C12H11N3O2S/c1-17-12(16)11-10(4-7-18-11)15-14-8-9-2-5-13-6-3-9/h2-8,15H,1H3/b14-8-. The quantitative estimate of drug-likeness (QED) is 0.521. The highest BCUT2D eigenvalue weighted by molar-refractivity contribution is 7.12. The molecule has 2 heterocycles. The zero-order valence-electron chi connectivity index (χ0n) is 9.66. The minimum Gasteiger partial charge on any atom is -0.465 e. The van der Waals surface area contributed by atoms with Crippen molar-refractivity contribution in [3.05, 3.63) is 46.4 Å². The van der Waals surface area contributed by atoms with Crippen molar-refractivity contribution < 1.29 is 9.53 Å². The number of methoxy groups -OCH3 is 1. The van der Waals surface area contributed by atoms with Gasteiger partial charge in [-0.3, -0.25) is 10.4 Å². The first-order chi connectivity index (χ1) is 8.81. The van der Waals surface area contributed by atoms with Crippen LogP contribution >= 0.6 is 11.3 Å². The predicted octanol–water partition coefficient (Wildman–Crippen LogP) is 2.38. The number of anilines is 1. The molecule has 2 rings (SSSR count). The van der Waals surface area contributed by atoms with Gasteiger partial charge in [0.15, 0.2) is 0 Å². The van der Waals surface area contributed by atoms with Gasteiger partial charge in [0, 0.05) is 12.4 Å². The first kappa shape index (κ1) is 12.3. The van der Waals surface area contributed by atoms with Gasteiger partial charge >= 0.3 is 5.97 Å². The molecule has 0 fully saturated rings. The van der Waals surface area contributed by atoms with Gasteiger partial charge in [-0.15, -0.1) is 11.3 Å². The molecule has 5 nitrogen and oxygen atoms in total. The number of hydrogen-bond acceptors (Lipinski definition) is 6. The molecule has 2 aromatic heterocycles. The highest BCUT2D eigenvalue weighted by Gasteiger charge is 2.12. The van der Waals surface area contributed by atoms with Crippen molar-refractivity contribution in [1.29, 1.82) is 0 Å². The first-order valence-corrected chi connectivity index (χ1v) is 6.04. The first-order valence-electron chi connectivity index (χ1n) is 5.16. The number of carbonyl (C=O) groups excluding carboxylic acids is 1. The molecular weight excluding hydrogens is 250 g/mol. The average molecular weight is 261 g/mol. The van der Waals surface area contributed by atoms with Crippen molar-refractivity contribution >= 4 is 29.2 Å². The Labute approximate surface area is 108 Å². The van der Waals surface area contributed by atoms with Gasteiger partial charge in [0.05, 0.1) is 19.0 Å². The number of nitrogens with one attached hydrogen (secondary N) is 1. The zero-order valence-corrected chi connectivity index (χ0v) is 10.5. The van der Waals surface area contributed by atoms with E-state index in [1.807, 2.05) is 12.1 Å². The normalized spacial score (nSPS) is 10.5. The van der Waals surface area contributed by atoms with Crippen molar-refractivity contribution in [2.24, 2.45) is 5.10 Å². The Kier molecular flexibility index (Phi) is 4.03. The van der Waals surface area contributed by atoms with Crippen LogP contribution in [-0.4, -0.2) is 24.3 Å². The van der Waals surface area contributed by atoms with Gasteiger partial charge in [-0.1, -0.05) is 0 Å². The van der Waals surface area contributed by atoms with Crippen LogP contribution in [0.15, 0.2) is 41.1 Å². The van der Waals surface area contributed by atoms with Gasteiger partial charge in [0.1, 0.15) is 4.88 Å². The molecule has 0 bridgehead atoms. The summed E-state index contributed by atoms with van der Waals surface area (Å²) in [5.41, 5.74) is 4.38. The molecule has 0 aliphatic carbocycles. The molecule has 0 atom stereocenters. The summed E-state index contributed by atoms with van der Waals surface area (Å²) in [6.45, 7) is 0. The zero-order chi connectivity index (χ0) is 12.8. The van der Waals surface area contributed by atoms with Crippen molar-refractivity contribution in [2.75, 3.05) is 12.5 Å². The Balaban J connectivity index is 2.05. The number of aromatic nitrogens is 1. The van der Waals surface area contributed by atoms with Gasteiger partial charge in [-0.2, -0.15) is 5.10 Å². The molecule has 18 heavy (non-hydrogen) atoms. The molecule has 0 spiro atoms. The minimum absolute atomic E-state index is 0.369. The molecule has 0 unspecified atom stereocenters. The summed E-state index contributed by atoms with van der Waals surface area (Å²) in [5, 5.41) is 5.86. The second kappa shape index (κ2) is 5.92. The molecular formula is C12H11N3O2S. The van der Waals surface area contributed by atoms with Crippen LogP contribution < -0.4 is 5.43 Å². The van der Waals surface area contributed by atoms with Crippen LogP contribution in [0.25, 0.3) is 0 Å². The van der Waals surface area contributed by atoms with E-state index in [-0.39, 0.29) is 5.97 Å². The molecule has 0 radical (unpaired) electrons. The molecule has 0 aliphatic heterocycles. The number of thiophene rings is 1. The third kappa shape index (κ3) is 2.92. The summed E-state index contributed by atoms with van der Waals surface area (Å²) in [7, 11) is 1.35. The van der Waals surface area contributed by atoms with Crippen molar-refractivity contribution in [3.8, 4) is 0 Å². The fourth-order valence-corrected chi connectivity index (χ4v) is 2.03. The largest absolute Gasteiger partial charge is 0.465 e. The number of rotatable bonds is 4. The van der Waals surface area contributed by atoms with E-state index in [0.29, 0.717) is 10.6 Å². The summed E-state index contributed by atoms with van der Waals surface area (Å²) in [6, 6.07) is 5.45. The van der Waals surface area contributed by atoms with E-state index in [1.165, 1.54) is 18.4 Å². The third-order valence-corrected chi connectivity index (χ3v) is 3.04. The van der Waals surface area contributed by atoms with Crippen LogP contribution in [0.4, 0.5) is 5.69 Å². The Bertz CT molecular complexity index is 551. The van der Waals surface area contributed by atoms with Gasteiger partial charge in [-0.05, 0) is 29.1 Å². The average Bonchev–Trinajstić information content (AvgIpc) is 2.87. The van der Waals surface area contributed by atoms with Crippen LogP contribution in [-0.2, 0) is 4.74 Å². The van der Waals surface area contributed by atoms with E-state index in [4.69, 9.17) is 0 Å². The van der Waals surface area contributed by atoms with Crippen LogP contribution in [0.5, 0.6) is 0 Å². The number of pyridine rings is 1. The van der Waals surface area contributed by atoms with Crippen LogP contribution in [0.2, 0.25) is 0 Å². The predicted molar refractivity (Wildman–Crippen MR) is 71.1 cm³/mol. The number of ether oxygens (including phenoxy) is 1. The minimum atomic E-state index is -0.369. The maximum atomic E-state index is 11.4. The molecule has 0 aliphatic rings. The van der Waals surface area contributed by atoms with Crippen molar-refractivity contribution in [2.45, 2.75) is 0 Å². The molecule has 0 saturated heterocycles. The van der Waals surface area contributed by atoms with E-state index < -0.39 is 0 Å². The molecule has 92 valence electrons. The summed E-state index contributed by atoms with van der Waals surface area (Å²) >= 11 is 1.31. The fraction of sp³-hybridized carbons (Fsp3) is 0.0833. The second-order valence-electron chi connectivity index (χ2n) is 3.31. The second-order valence-corrected chi connectivity index (χ2v) is 4.22. The number of carbonyl (C=O) groups is 1. The SMILES string of the molecule is COC(=O)c1sccc1N/N=C\c1ccncc1. The van der Waals surface area contributed by atoms with Crippen LogP contribution in [0.1, 0.15) is 15.2 Å². The smallest absolute Gasteiger partial charge is 0.350 e. The number of hydrogen-bond donors (Lipinski definition) is 1. The van der Waals surface area contributed by atoms with Crippen LogP contribution in [0, 0.1) is 0 Å². The summed E-state index contributed by atoms with van der Waals surface area (Å²) in [5.74, 6) is -0.369. The lowest BCUT2D eigenvalue weighted by molar-refractivity contribution is 0.0607. The molecule has 6 heteroatoms. The third-order valence-electron chi connectivity index (χ3n) is 2.14. The lowest BCUT2D eigenvalue weighted by atomic mass is 10.3. The highest BCUT2D eigenvalue weighted by Crippen LogP contribution is 2.22. The monoisotopic (exact) mass is 261 g/mol. The van der Waals surface area contributed by atoms with Gasteiger partial charge in [0.2, 0.25) is 0 Å². The molecule has 0 amide bonds. The maximum absolute atomic E-state index is 11.4. The van der Waals surface area contributed by atoms with E-state index in [0.717, 1.165) is 5.56 Å². The van der Waals surface area contributed by atoms with E-state index in [9.17, 15) is 4.79 Å². The summed E-state index contributed by atoms with van der Waals surface area (Å²) in [4.78, 5) is 15.8. The lowest BCUT2D eigenvalue weighted by Crippen LogP contribution is -2.01. The van der Waals surface area contributed by atoms with E-state index in [1.54, 1.807) is 30.1 Å². The Morgan fingerprint density at radius 2 is 2.22 bits per heavy atom. The van der Waals surface area contributed by atoms with Gasteiger partial charge in [0.25, 0.3) is 0 Å². The molecule has 0 saturated carbocycles. The summed E-state index contributed by atoms with van der Waals surface area (Å²) < 4.78 is 4.67. The fourth-order valence-electron chi connectivity index (χ4n) is 1.27. The van der Waals surface area contributed by atoms with E-state index >= 15 is 0 Å². The number of hydrazone groups is 1. The maximum Gasteiger partial charge on any atom is 0.350 e. The number of nitrogens with zero attached hydrogens (tertiary/aromatic N) is 2. The number of esters is 1. The van der Waals surface area contributed by atoms with Gasteiger partial charge in [-0.25, -0.2) is 4.79 Å².